The van der Waals surface area contributed by atoms with Crippen LogP contribution in [0.2, 0.25) is 0 Å². The lowest BCUT2D eigenvalue weighted by molar-refractivity contribution is 1.02. The molecule has 0 atom stereocenters. The predicted octanol–water partition coefficient (Wildman–Crippen LogP) is 4.23. The van der Waals surface area contributed by atoms with Gasteiger partial charge >= 0.3 is 0 Å². The van der Waals surface area contributed by atoms with Crippen LogP contribution in [0.4, 0.5) is 11.8 Å². The van der Waals surface area contributed by atoms with E-state index in [9.17, 15) is 0 Å². The molecule has 0 aliphatic rings. The molecule has 0 saturated heterocycles. The SMILES string of the molecule is C/C(=N/Nc1cc(C)nc(NCc2ccccc2)n1)c1ccccc1. The lowest BCUT2D eigenvalue weighted by Crippen LogP contribution is -2.07. The van der Waals surface area contributed by atoms with Crippen LogP contribution in [-0.2, 0) is 6.54 Å². The summed E-state index contributed by atoms with van der Waals surface area (Å²) in [5.41, 5.74) is 7.05. The molecule has 0 spiro atoms. The maximum Gasteiger partial charge on any atom is 0.225 e. The van der Waals surface area contributed by atoms with Crippen molar-refractivity contribution in [3.05, 3.63) is 83.6 Å². The number of benzene rings is 2. The van der Waals surface area contributed by atoms with Crippen molar-refractivity contribution in [2.75, 3.05) is 10.7 Å². The lowest BCUT2D eigenvalue weighted by Gasteiger charge is -2.08. The molecular formula is C20H21N5. The summed E-state index contributed by atoms with van der Waals surface area (Å²) in [6.07, 6.45) is 0. The van der Waals surface area contributed by atoms with E-state index >= 15 is 0 Å². The predicted molar refractivity (Wildman–Crippen MR) is 103 cm³/mol. The van der Waals surface area contributed by atoms with Gasteiger partial charge < -0.3 is 5.32 Å². The van der Waals surface area contributed by atoms with Crippen LogP contribution in [-0.4, -0.2) is 15.7 Å². The highest BCUT2D eigenvalue weighted by Gasteiger charge is 2.03. The molecular weight excluding hydrogens is 310 g/mol. The Morgan fingerprint density at radius 1 is 0.960 bits per heavy atom. The molecule has 0 aliphatic carbocycles. The first-order chi connectivity index (χ1) is 12.2. The third-order valence-electron chi connectivity index (χ3n) is 3.68. The van der Waals surface area contributed by atoms with Crippen molar-refractivity contribution < 1.29 is 0 Å². The fourth-order valence-corrected chi connectivity index (χ4v) is 2.37. The van der Waals surface area contributed by atoms with E-state index in [0.29, 0.717) is 18.3 Å². The van der Waals surface area contributed by atoms with E-state index in [-0.39, 0.29) is 0 Å². The van der Waals surface area contributed by atoms with Gasteiger partial charge in [-0.3, -0.25) is 5.43 Å². The van der Waals surface area contributed by atoms with Crippen molar-refractivity contribution in [2.45, 2.75) is 20.4 Å². The summed E-state index contributed by atoms with van der Waals surface area (Å²) in [5, 5.41) is 7.66. The van der Waals surface area contributed by atoms with Crippen molar-refractivity contribution in [3.63, 3.8) is 0 Å². The maximum absolute atomic E-state index is 4.47. The number of hydrazone groups is 1. The molecule has 25 heavy (non-hydrogen) atoms. The van der Waals surface area contributed by atoms with Crippen LogP contribution in [0.5, 0.6) is 0 Å². The number of hydrogen-bond acceptors (Lipinski definition) is 5. The Morgan fingerprint density at radius 3 is 2.36 bits per heavy atom. The van der Waals surface area contributed by atoms with Gasteiger partial charge in [-0.15, -0.1) is 0 Å². The van der Waals surface area contributed by atoms with E-state index in [1.54, 1.807) is 0 Å². The number of aryl methyl sites for hydroxylation is 1. The molecule has 5 heteroatoms. The minimum Gasteiger partial charge on any atom is -0.350 e. The van der Waals surface area contributed by atoms with Gasteiger partial charge in [-0.2, -0.15) is 10.1 Å². The van der Waals surface area contributed by atoms with Gasteiger partial charge in [0.15, 0.2) is 5.82 Å². The second-order valence-corrected chi connectivity index (χ2v) is 5.73. The van der Waals surface area contributed by atoms with Crippen LogP contribution in [0, 0.1) is 6.92 Å². The largest absolute Gasteiger partial charge is 0.350 e. The topological polar surface area (TPSA) is 62.2 Å². The molecule has 0 unspecified atom stereocenters. The Kier molecular flexibility index (Phi) is 5.36. The van der Waals surface area contributed by atoms with Gasteiger partial charge in [0.05, 0.1) is 5.71 Å². The highest BCUT2D eigenvalue weighted by molar-refractivity contribution is 5.98. The molecule has 126 valence electrons. The summed E-state index contributed by atoms with van der Waals surface area (Å²) >= 11 is 0. The van der Waals surface area contributed by atoms with Crippen LogP contribution < -0.4 is 10.7 Å². The zero-order valence-corrected chi connectivity index (χ0v) is 14.4. The molecule has 0 fully saturated rings. The molecule has 2 aromatic carbocycles. The summed E-state index contributed by atoms with van der Waals surface area (Å²) < 4.78 is 0. The fourth-order valence-electron chi connectivity index (χ4n) is 2.37. The van der Waals surface area contributed by atoms with E-state index in [1.165, 1.54) is 5.56 Å². The summed E-state index contributed by atoms with van der Waals surface area (Å²) in [6, 6.07) is 22.1. The van der Waals surface area contributed by atoms with E-state index in [2.05, 4.69) is 37.9 Å². The van der Waals surface area contributed by atoms with Crippen molar-refractivity contribution in [1.29, 1.82) is 0 Å². The van der Waals surface area contributed by atoms with Gasteiger partial charge in [-0.25, -0.2) is 4.98 Å². The molecule has 0 bridgehead atoms. The summed E-state index contributed by atoms with van der Waals surface area (Å²) in [5.74, 6) is 1.25. The van der Waals surface area contributed by atoms with E-state index in [0.717, 1.165) is 17.0 Å². The summed E-state index contributed by atoms with van der Waals surface area (Å²) in [4.78, 5) is 8.90. The minimum absolute atomic E-state index is 0.582. The van der Waals surface area contributed by atoms with Gasteiger partial charge in [0.2, 0.25) is 5.95 Å². The van der Waals surface area contributed by atoms with Crippen LogP contribution in [0.3, 0.4) is 0 Å². The molecule has 3 rings (SSSR count). The third-order valence-corrected chi connectivity index (χ3v) is 3.68. The van der Waals surface area contributed by atoms with Crippen LogP contribution in [0.25, 0.3) is 0 Å². The maximum atomic E-state index is 4.47. The summed E-state index contributed by atoms with van der Waals surface area (Å²) in [6.45, 7) is 4.58. The first-order valence-corrected chi connectivity index (χ1v) is 8.20. The third kappa shape index (κ3) is 4.88. The van der Waals surface area contributed by atoms with Crippen molar-refractivity contribution in [3.8, 4) is 0 Å². The average Bonchev–Trinajstić information content (AvgIpc) is 2.66. The molecule has 0 aliphatic heterocycles. The fraction of sp³-hybridized carbons (Fsp3) is 0.150. The highest BCUT2D eigenvalue weighted by atomic mass is 15.3. The van der Waals surface area contributed by atoms with Crippen LogP contribution in [0.1, 0.15) is 23.7 Å². The van der Waals surface area contributed by atoms with Gasteiger partial charge in [0.1, 0.15) is 0 Å². The van der Waals surface area contributed by atoms with Gasteiger partial charge in [-0.1, -0.05) is 60.7 Å². The van der Waals surface area contributed by atoms with E-state index in [1.807, 2.05) is 68.4 Å². The number of nitrogens with zero attached hydrogens (tertiary/aromatic N) is 3. The van der Waals surface area contributed by atoms with Crippen molar-refractivity contribution in [1.82, 2.24) is 9.97 Å². The number of nitrogens with one attached hydrogen (secondary N) is 2. The van der Waals surface area contributed by atoms with Crippen molar-refractivity contribution >= 4 is 17.5 Å². The Hall–Kier alpha value is -3.21. The van der Waals surface area contributed by atoms with Gasteiger partial charge in [0, 0.05) is 18.3 Å². The van der Waals surface area contributed by atoms with Crippen LogP contribution in [0.15, 0.2) is 71.8 Å². The zero-order chi connectivity index (χ0) is 17.5. The number of anilines is 2. The Labute approximate surface area is 147 Å². The smallest absolute Gasteiger partial charge is 0.225 e. The average molecular weight is 331 g/mol. The molecule has 0 saturated carbocycles. The number of rotatable bonds is 6. The number of aromatic nitrogens is 2. The highest BCUT2D eigenvalue weighted by Crippen LogP contribution is 2.11. The van der Waals surface area contributed by atoms with Gasteiger partial charge in [-0.05, 0) is 25.0 Å². The van der Waals surface area contributed by atoms with Crippen LogP contribution >= 0.6 is 0 Å². The molecule has 5 nitrogen and oxygen atoms in total. The molecule has 1 aromatic heterocycles. The molecule has 2 N–H and O–H groups in total. The van der Waals surface area contributed by atoms with E-state index < -0.39 is 0 Å². The van der Waals surface area contributed by atoms with E-state index in [4.69, 9.17) is 0 Å². The first kappa shape index (κ1) is 16.6. The Balaban J connectivity index is 1.69. The monoisotopic (exact) mass is 331 g/mol. The number of hydrogen-bond donors (Lipinski definition) is 2. The minimum atomic E-state index is 0.582. The standard InChI is InChI=1S/C20H21N5/c1-15-13-19(25-24-16(2)18-11-7-4-8-12-18)23-20(22-15)21-14-17-9-5-3-6-10-17/h3-13H,14H2,1-2H3,(H2,21,22,23,25)/b24-16-. The van der Waals surface area contributed by atoms with Gasteiger partial charge in [0.25, 0.3) is 0 Å². The van der Waals surface area contributed by atoms with Crippen molar-refractivity contribution in [2.24, 2.45) is 5.10 Å². The zero-order valence-electron chi connectivity index (χ0n) is 14.4. The molecule has 0 radical (unpaired) electrons. The normalized spacial score (nSPS) is 11.2. The first-order valence-electron chi connectivity index (χ1n) is 8.20. The summed E-state index contributed by atoms with van der Waals surface area (Å²) in [7, 11) is 0. The Morgan fingerprint density at radius 2 is 1.64 bits per heavy atom. The molecule has 1 heterocycles. The Bertz CT molecular complexity index is 844. The second kappa shape index (κ2) is 8.06. The second-order valence-electron chi connectivity index (χ2n) is 5.73. The lowest BCUT2D eigenvalue weighted by atomic mass is 10.1. The molecule has 0 amide bonds. The molecule has 3 aromatic rings. The quantitative estimate of drug-likeness (QED) is 0.524.